The van der Waals surface area contributed by atoms with Gasteiger partial charge in [-0.2, -0.15) is 0 Å². The molecule has 0 aliphatic heterocycles. The fourth-order valence-electron chi connectivity index (χ4n) is 2.46. The molecular formula is C16H23Cl2OTi. The maximum Gasteiger partial charge on any atom is -0.147 e. The fourth-order valence-corrected chi connectivity index (χ4v) is 4.85. The van der Waals surface area contributed by atoms with E-state index < -0.39 is 18.3 Å². The monoisotopic (exact) mass is 349 g/mol. The van der Waals surface area contributed by atoms with Gasteiger partial charge in [0.05, 0.1) is 0 Å². The summed E-state index contributed by atoms with van der Waals surface area (Å²) in [6, 6.07) is 8.80. The molecule has 0 amide bonds. The molecule has 0 saturated heterocycles. The summed E-state index contributed by atoms with van der Waals surface area (Å²) in [5.41, 5.74) is 5.79. The van der Waals surface area contributed by atoms with Crippen molar-refractivity contribution in [1.82, 2.24) is 0 Å². The molecule has 1 aromatic carbocycles. The van der Waals surface area contributed by atoms with Gasteiger partial charge >= 0.3 is 117 Å². The summed E-state index contributed by atoms with van der Waals surface area (Å²) in [4.78, 5) is 0. The Morgan fingerprint density at radius 1 is 1.15 bits per heavy atom. The van der Waals surface area contributed by atoms with Gasteiger partial charge in [-0.25, -0.2) is 0 Å². The zero-order valence-corrected chi connectivity index (χ0v) is 15.7. The average Bonchev–Trinajstić information content (AvgIpc) is 2.70. The Balaban J connectivity index is 0.00000180. The van der Waals surface area contributed by atoms with E-state index in [2.05, 4.69) is 56.3 Å². The molecule has 0 heterocycles. The third kappa shape index (κ3) is 4.22. The SMILES string of the molecule is CC[O][Ti]([CH3])[c]1ccccc1C1=C(C)C(C)=CC1.Cl.Cl. The second-order valence-electron chi connectivity index (χ2n) is 4.73. The molecular weight excluding hydrogens is 327 g/mol. The molecule has 0 fully saturated rings. The van der Waals surface area contributed by atoms with Crippen LogP contribution < -0.4 is 3.87 Å². The summed E-state index contributed by atoms with van der Waals surface area (Å²) >= 11 is -1.55. The van der Waals surface area contributed by atoms with E-state index in [0.717, 1.165) is 13.0 Å². The van der Waals surface area contributed by atoms with Crippen molar-refractivity contribution in [2.45, 2.75) is 32.4 Å². The summed E-state index contributed by atoms with van der Waals surface area (Å²) in [5, 5.41) is 2.30. The summed E-state index contributed by atoms with van der Waals surface area (Å²) in [6.45, 7) is 7.36. The van der Waals surface area contributed by atoms with Crippen molar-refractivity contribution in [3.05, 3.63) is 47.1 Å². The second kappa shape index (κ2) is 9.07. The molecule has 111 valence electrons. The van der Waals surface area contributed by atoms with Crippen LogP contribution in [0.2, 0.25) is 5.23 Å². The molecule has 20 heavy (non-hydrogen) atoms. The molecule has 0 radical (unpaired) electrons. The predicted octanol–water partition coefficient (Wildman–Crippen LogP) is 4.90. The molecule has 2 rings (SSSR count). The second-order valence-corrected chi connectivity index (χ2v) is 7.76. The van der Waals surface area contributed by atoms with Gasteiger partial charge in [0.15, 0.2) is 0 Å². The maximum atomic E-state index is 5.92. The zero-order valence-electron chi connectivity index (χ0n) is 12.5. The Kier molecular flexibility index (Phi) is 9.05. The van der Waals surface area contributed by atoms with E-state index in [1.165, 1.54) is 26.2 Å². The zero-order chi connectivity index (χ0) is 13.1. The number of benzene rings is 1. The Labute approximate surface area is 141 Å². The van der Waals surface area contributed by atoms with Crippen LogP contribution in [0.3, 0.4) is 0 Å². The number of allylic oxidation sites excluding steroid dienone is 4. The first-order chi connectivity index (χ1) is 8.65. The smallest absolute Gasteiger partial charge is 0.147 e. The van der Waals surface area contributed by atoms with Crippen LogP contribution in [0.1, 0.15) is 32.8 Å². The summed E-state index contributed by atoms with van der Waals surface area (Å²) in [6.07, 6.45) is 3.41. The summed E-state index contributed by atoms with van der Waals surface area (Å²) < 4.78 is 7.39. The molecule has 0 N–H and O–H groups in total. The van der Waals surface area contributed by atoms with Crippen LogP contribution in [0.25, 0.3) is 5.57 Å². The predicted molar refractivity (Wildman–Crippen MR) is 89.0 cm³/mol. The quantitative estimate of drug-likeness (QED) is 0.702. The minimum Gasteiger partial charge on any atom is -0.147 e. The van der Waals surface area contributed by atoms with E-state index in [9.17, 15) is 0 Å². The molecule has 0 spiro atoms. The van der Waals surface area contributed by atoms with Crippen LogP contribution in [0.15, 0.2) is 41.5 Å². The molecule has 1 aliphatic carbocycles. The van der Waals surface area contributed by atoms with Gasteiger partial charge in [-0.1, -0.05) is 0 Å². The van der Waals surface area contributed by atoms with Crippen molar-refractivity contribution in [2.24, 2.45) is 0 Å². The third-order valence-corrected chi connectivity index (χ3v) is 6.64. The third-order valence-electron chi connectivity index (χ3n) is 3.65. The van der Waals surface area contributed by atoms with Crippen LogP contribution in [0, 0.1) is 0 Å². The molecule has 0 saturated carbocycles. The molecule has 4 heteroatoms. The largest absolute Gasteiger partial charge is 0.147 e. The van der Waals surface area contributed by atoms with Crippen LogP contribution in [-0.2, 0) is 21.6 Å². The fraction of sp³-hybridized carbons (Fsp3) is 0.375. The first kappa shape index (κ1) is 20.0. The standard InChI is InChI=1S/C13H13.C2H5O.CH3.2ClH.Ti/c1-10-8-9-13(11(10)2)12-6-4-3-5-7-12;1-2-3;;;;/h3-6,8H,9H2,1-2H3;2H2,1H3;1H3;2*1H;/q;-1;;;;+1. The number of rotatable bonds is 4. The Morgan fingerprint density at radius 3 is 2.35 bits per heavy atom. The van der Waals surface area contributed by atoms with Gasteiger partial charge in [0.2, 0.25) is 0 Å². The minimum atomic E-state index is -1.55. The van der Waals surface area contributed by atoms with Crippen LogP contribution >= 0.6 is 24.8 Å². The first-order valence-corrected chi connectivity index (χ1v) is 9.56. The molecule has 0 atom stereocenters. The Morgan fingerprint density at radius 2 is 1.80 bits per heavy atom. The van der Waals surface area contributed by atoms with E-state index in [4.69, 9.17) is 3.32 Å². The van der Waals surface area contributed by atoms with Gasteiger partial charge in [0.1, 0.15) is 0 Å². The number of hydrogen-bond donors (Lipinski definition) is 0. The molecule has 1 nitrogen and oxygen atoms in total. The van der Waals surface area contributed by atoms with Crippen molar-refractivity contribution in [1.29, 1.82) is 0 Å². The van der Waals surface area contributed by atoms with Gasteiger partial charge in [0.25, 0.3) is 0 Å². The molecule has 1 aliphatic rings. The molecule has 0 aromatic heterocycles. The Bertz CT molecular complexity index is 509. The van der Waals surface area contributed by atoms with Crippen molar-refractivity contribution >= 4 is 34.3 Å². The maximum absolute atomic E-state index is 5.92. The van der Waals surface area contributed by atoms with Crippen LogP contribution in [0.5, 0.6) is 0 Å². The number of hydrogen-bond acceptors (Lipinski definition) is 1. The van der Waals surface area contributed by atoms with Gasteiger partial charge in [-0.15, -0.1) is 24.8 Å². The summed E-state index contributed by atoms with van der Waals surface area (Å²) in [5.74, 6) is 0. The van der Waals surface area contributed by atoms with E-state index in [0.29, 0.717) is 0 Å². The first-order valence-electron chi connectivity index (χ1n) is 6.58. The topological polar surface area (TPSA) is 9.23 Å². The average molecular weight is 350 g/mol. The van der Waals surface area contributed by atoms with Crippen molar-refractivity contribution < 1.29 is 21.6 Å². The molecule has 0 bridgehead atoms. The van der Waals surface area contributed by atoms with Gasteiger partial charge in [0, 0.05) is 0 Å². The van der Waals surface area contributed by atoms with Crippen molar-refractivity contribution in [3.63, 3.8) is 0 Å². The van der Waals surface area contributed by atoms with E-state index >= 15 is 0 Å². The summed E-state index contributed by atoms with van der Waals surface area (Å²) in [7, 11) is 0. The normalized spacial score (nSPS) is 13.5. The van der Waals surface area contributed by atoms with Gasteiger partial charge in [-0.3, -0.25) is 0 Å². The van der Waals surface area contributed by atoms with E-state index in [1.54, 1.807) is 0 Å². The van der Waals surface area contributed by atoms with Gasteiger partial charge in [-0.05, 0) is 0 Å². The van der Waals surface area contributed by atoms with E-state index in [-0.39, 0.29) is 24.8 Å². The van der Waals surface area contributed by atoms with Crippen molar-refractivity contribution in [2.75, 3.05) is 6.61 Å². The Hall–Kier alpha value is -0.0457. The minimum absolute atomic E-state index is 0. The van der Waals surface area contributed by atoms with E-state index in [1.807, 2.05) is 0 Å². The van der Waals surface area contributed by atoms with Crippen LogP contribution in [-0.4, -0.2) is 6.61 Å². The molecule has 0 unspecified atom stereocenters. The molecule has 1 aromatic rings. The van der Waals surface area contributed by atoms with Gasteiger partial charge < -0.3 is 0 Å². The van der Waals surface area contributed by atoms with Crippen molar-refractivity contribution in [3.8, 4) is 0 Å². The van der Waals surface area contributed by atoms with Crippen LogP contribution in [0.4, 0.5) is 0 Å². The number of halogens is 2.